The summed E-state index contributed by atoms with van der Waals surface area (Å²) in [4.78, 5) is 11.2. The maximum atomic E-state index is 11.2. The van der Waals surface area contributed by atoms with Crippen molar-refractivity contribution in [2.45, 2.75) is 43.9 Å². The zero-order valence-corrected chi connectivity index (χ0v) is 16.5. The second-order valence-corrected chi connectivity index (χ2v) is 7.28. The number of carbonyl (C=O) groups is 1. The first kappa shape index (κ1) is 21.5. The van der Waals surface area contributed by atoms with Crippen LogP contribution in [0.2, 0.25) is 5.02 Å². The number of aliphatic carboxylic acids is 1. The van der Waals surface area contributed by atoms with Gasteiger partial charge in [0.05, 0.1) is 12.6 Å². The van der Waals surface area contributed by atoms with Gasteiger partial charge in [0, 0.05) is 5.02 Å². The Morgan fingerprint density at radius 2 is 1.79 bits per heavy atom. The van der Waals surface area contributed by atoms with E-state index in [1.165, 1.54) is 0 Å². The average Bonchev–Trinajstić information content (AvgIpc) is 2.69. The van der Waals surface area contributed by atoms with E-state index in [1.54, 1.807) is 18.2 Å². The van der Waals surface area contributed by atoms with Crippen molar-refractivity contribution in [2.75, 3.05) is 6.61 Å². The number of hydrogen-bond donors (Lipinski definition) is 3. The van der Waals surface area contributed by atoms with Crippen LogP contribution in [0.3, 0.4) is 0 Å². The van der Waals surface area contributed by atoms with Crippen LogP contribution in [0.25, 0.3) is 0 Å². The van der Waals surface area contributed by atoms with Gasteiger partial charge in [-0.25, -0.2) is 0 Å². The summed E-state index contributed by atoms with van der Waals surface area (Å²) in [6.07, 6.45) is -7.43. The van der Waals surface area contributed by atoms with Gasteiger partial charge < -0.3 is 34.7 Å². The predicted molar refractivity (Wildman–Crippen MR) is 103 cm³/mol. The van der Waals surface area contributed by atoms with Crippen molar-refractivity contribution in [1.29, 1.82) is 0 Å². The molecule has 1 heterocycles. The van der Waals surface area contributed by atoms with Crippen LogP contribution in [0.1, 0.15) is 29.7 Å². The standard InChI is InChI=1S/C21H23ClO7/c1-2-28-14-6-3-11(4-7-14)9-13-10-12(5-8-15(13)22)19-17(24)16(23)18(25)20(29-19)21(26)27/h3-8,10,16-20,23-25H,2,9H2,1H3,(H,26,27)/p-1. The van der Waals surface area contributed by atoms with Gasteiger partial charge in [0.1, 0.15) is 36.3 Å². The number of benzene rings is 2. The molecule has 1 fully saturated rings. The summed E-state index contributed by atoms with van der Waals surface area (Å²) in [5, 5.41) is 41.8. The first-order valence-electron chi connectivity index (χ1n) is 9.22. The molecule has 0 aromatic heterocycles. The molecule has 1 aliphatic rings. The zero-order valence-electron chi connectivity index (χ0n) is 15.7. The maximum Gasteiger partial charge on any atom is 0.126 e. The maximum absolute atomic E-state index is 11.2. The number of hydrogen-bond acceptors (Lipinski definition) is 7. The molecule has 8 heteroatoms. The van der Waals surface area contributed by atoms with E-state index >= 15 is 0 Å². The molecule has 5 unspecified atom stereocenters. The van der Waals surface area contributed by atoms with E-state index < -0.39 is 36.5 Å². The molecule has 1 saturated heterocycles. The zero-order chi connectivity index (χ0) is 21.1. The molecule has 0 saturated carbocycles. The first-order chi connectivity index (χ1) is 13.8. The highest BCUT2D eigenvalue weighted by Gasteiger charge is 2.44. The number of aliphatic hydroxyl groups is 3. The minimum Gasteiger partial charge on any atom is -0.547 e. The third-order valence-electron chi connectivity index (χ3n) is 4.87. The van der Waals surface area contributed by atoms with Gasteiger partial charge in [-0.05, 0) is 48.2 Å². The minimum atomic E-state index is -1.79. The van der Waals surface area contributed by atoms with Crippen molar-refractivity contribution in [2.24, 2.45) is 0 Å². The smallest absolute Gasteiger partial charge is 0.126 e. The number of carbonyl (C=O) groups excluding carboxylic acids is 1. The lowest BCUT2D eigenvalue weighted by molar-refractivity contribution is -0.333. The summed E-state index contributed by atoms with van der Waals surface area (Å²) in [7, 11) is 0. The van der Waals surface area contributed by atoms with Gasteiger partial charge in [-0.3, -0.25) is 0 Å². The van der Waals surface area contributed by atoms with Crippen LogP contribution < -0.4 is 9.84 Å². The van der Waals surface area contributed by atoms with Crippen LogP contribution in [-0.2, 0) is 16.0 Å². The van der Waals surface area contributed by atoms with Gasteiger partial charge in [0.2, 0.25) is 0 Å². The lowest BCUT2D eigenvalue weighted by Gasteiger charge is -2.41. The molecular weight excluding hydrogens is 400 g/mol. The first-order valence-corrected chi connectivity index (χ1v) is 9.60. The molecule has 2 aromatic carbocycles. The SMILES string of the molecule is CCOc1ccc(Cc2cc(C3OC(C(=O)[O-])C(O)C(O)C3O)ccc2Cl)cc1. The van der Waals surface area contributed by atoms with Crippen molar-refractivity contribution < 1.29 is 34.7 Å². The van der Waals surface area contributed by atoms with Crippen LogP contribution in [0, 0.1) is 0 Å². The Balaban J connectivity index is 1.85. The van der Waals surface area contributed by atoms with Crippen LogP contribution in [-0.4, -0.2) is 52.3 Å². The van der Waals surface area contributed by atoms with Gasteiger partial charge in [-0.15, -0.1) is 0 Å². The van der Waals surface area contributed by atoms with Crippen molar-refractivity contribution >= 4 is 17.6 Å². The molecular formula is C21H22ClO7-. The average molecular weight is 422 g/mol. The molecule has 0 amide bonds. The molecule has 156 valence electrons. The van der Waals surface area contributed by atoms with Gasteiger partial charge in [0.25, 0.3) is 0 Å². The van der Waals surface area contributed by atoms with E-state index in [0.29, 0.717) is 23.6 Å². The van der Waals surface area contributed by atoms with Crippen molar-refractivity contribution in [3.63, 3.8) is 0 Å². The molecule has 3 rings (SSSR count). The monoisotopic (exact) mass is 421 g/mol. The molecule has 2 aromatic rings. The van der Waals surface area contributed by atoms with E-state index in [-0.39, 0.29) is 0 Å². The fraction of sp³-hybridized carbons (Fsp3) is 0.381. The second-order valence-electron chi connectivity index (χ2n) is 6.87. The van der Waals surface area contributed by atoms with Crippen LogP contribution in [0.5, 0.6) is 5.75 Å². The summed E-state index contributed by atoms with van der Waals surface area (Å²) in [5.41, 5.74) is 2.13. The Hall–Kier alpha value is -2.16. The molecule has 1 aliphatic heterocycles. The topological polar surface area (TPSA) is 119 Å². The Bertz CT molecular complexity index is 855. The van der Waals surface area contributed by atoms with Gasteiger partial charge >= 0.3 is 0 Å². The predicted octanol–water partition coefficient (Wildman–Crippen LogP) is 0.602. The number of ether oxygens (including phenoxy) is 2. The number of carboxylic acid groups (broad SMARTS) is 1. The molecule has 29 heavy (non-hydrogen) atoms. The molecule has 7 nitrogen and oxygen atoms in total. The normalized spacial score (nSPS) is 26.9. The number of halogens is 1. The van der Waals surface area contributed by atoms with Crippen molar-refractivity contribution in [3.8, 4) is 5.75 Å². The van der Waals surface area contributed by atoms with Crippen molar-refractivity contribution in [1.82, 2.24) is 0 Å². The lowest BCUT2D eigenvalue weighted by Crippen LogP contribution is -2.59. The highest BCUT2D eigenvalue weighted by molar-refractivity contribution is 6.31. The van der Waals surface area contributed by atoms with E-state index in [4.69, 9.17) is 21.1 Å². The summed E-state index contributed by atoms with van der Waals surface area (Å²) < 4.78 is 10.8. The number of carboxylic acids is 1. The van der Waals surface area contributed by atoms with Gasteiger partial charge in [-0.2, -0.15) is 0 Å². The van der Waals surface area contributed by atoms with Gasteiger partial charge in [-0.1, -0.05) is 35.9 Å². The summed E-state index contributed by atoms with van der Waals surface area (Å²) in [5.74, 6) is -0.910. The summed E-state index contributed by atoms with van der Waals surface area (Å²) >= 11 is 6.31. The fourth-order valence-electron chi connectivity index (χ4n) is 3.35. The quantitative estimate of drug-likeness (QED) is 0.624. The highest BCUT2D eigenvalue weighted by Crippen LogP contribution is 2.34. The summed E-state index contributed by atoms with van der Waals surface area (Å²) in [6, 6.07) is 12.4. The van der Waals surface area contributed by atoms with Crippen LogP contribution in [0.4, 0.5) is 0 Å². The minimum absolute atomic E-state index is 0.431. The van der Waals surface area contributed by atoms with E-state index in [2.05, 4.69) is 0 Å². The lowest BCUT2D eigenvalue weighted by atomic mass is 9.90. The summed E-state index contributed by atoms with van der Waals surface area (Å²) in [6.45, 7) is 2.48. The van der Waals surface area contributed by atoms with E-state index in [0.717, 1.165) is 16.9 Å². The number of aliphatic hydroxyl groups excluding tert-OH is 3. The largest absolute Gasteiger partial charge is 0.547 e. The van der Waals surface area contributed by atoms with E-state index in [9.17, 15) is 25.2 Å². The molecule has 0 bridgehead atoms. The van der Waals surface area contributed by atoms with E-state index in [1.807, 2.05) is 31.2 Å². The third kappa shape index (κ3) is 4.71. The molecule has 5 atom stereocenters. The molecule has 0 aliphatic carbocycles. The molecule has 0 radical (unpaired) electrons. The van der Waals surface area contributed by atoms with Crippen molar-refractivity contribution in [3.05, 3.63) is 64.2 Å². The Morgan fingerprint density at radius 3 is 2.41 bits per heavy atom. The Morgan fingerprint density at radius 1 is 1.10 bits per heavy atom. The number of rotatable bonds is 6. The van der Waals surface area contributed by atoms with Crippen LogP contribution >= 0.6 is 11.6 Å². The van der Waals surface area contributed by atoms with Crippen LogP contribution in [0.15, 0.2) is 42.5 Å². The molecule has 3 N–H and O–H groups in total. The Labute approximate surface area is 173 Å². The molecule has 0 spiro atoms. The highest BCUT2D eigenvalue weighted by atomic mass is 35.5. The second kappa shape index (κ2) is 9.11. The van der Waals surface area contributed by atoms with Gasteiger partial charge in [0.15, 0.2) is 0 Å². The fourth-order valence-corrected chi connectivity index (χ4v) is 3.53. The third-order valence-corrected chi connectivity index (χ3v) is 5.24. The Kier molecular flexibility index (Phi) is 6.77.